The summed E-state index contributed by atoms with van der Waals surface area (Å²) in [7, 11) is 0. The van der Waals surface area contributed by atoms with E-state index in [9.17, 15) is 5.11 Å². The van der Waals surface area contributed by atoms with Gasteiger partial charge in [0.2, 0.25) is 0 Å². The molecule has 0 aliphatic carbocycles. The van der Waals surface area contributed by atoms with E-state index in [1.54, 1.807) is 6.07 Å². The molecule has 0 atom stereocenters. The van der Waals surface area contributed by atoms with Gasteiger partial charge in [-0.15, -0.1) is 0 Å². The molecule has 0 aliphatic rings. The summed E-state index contributed by atoms with van der Waals surface area (Å²) in [5.41, 5.74) is 5.29. The average molecular weight is 344 g/mol. The molecule has 0 unspecified atom stereocenters. The summed E-state index contributed by atoms with van der Waals surface area (Å²) in [4.78, 5) is 0. The Morgan fingerprint density at radius 1 is 0.885 bits per heavy atom. The molecule has 0 aromatic heterocycles. The van der Waals surface area contributed by atoms with Gasteiger partial charge in [0, 0.05) is 5.56 Å². The smallest absolute Gasteiger partial charge is 0.127 e. The fourth-order valence-electron chi connectivity index (χ4n) is 2.92. The van der Waals surface area contributed by atoms with Crippen molar-refractivity contribution in [1.82, 2.24) is 0 Å². The number of ether oxygens (including phenoxy) is 1. The van der Waals surface area contributed by atoms with Gasteiger partial charge in [0.25, 0.3) is 0 Å². The van der Waals surface area contributed by atoms with Crippen molar-refractivity contribution in [3.63, 3.8) is 0 Å². The third kappa shape index (κ3) is 4.76. The number of rotatable bonds is 6. The van der Waals surface area contributed by atoms with E-state index in [0.29, 0.717) is 13.0 Å². The second-order valence-corrected chi connectivity index (χ2v) is 6.56. The minimum atomic E-state index is 0.280. The highest BCUT2D eigenvalue weighted by atomic mass is 16.5. The number of phenols is 1. The maximum absolute atomic E-state index is 10.4. The number of hydrogen-bond donors (Lipinski definition) is 1. The normalized spacial score (nSPS) is 11.0. The molecular formula is C24H24O2. The van der Waals surface area contributed by atoms with Crippen LogP contribution in [-0.2, 0) is 13.0 Å². The zero-order valence-corrected chi connectivity index (χ0v) is 15.3. The minimum Gasteiger partial charge on any atom is -0.508 e. The highest BCUT2D eigenvalue weighted by Crippen LogP contribution is 2.31. The summed E-state index contributed by atoms with van der Waals surface area (Å²) in [6.45, 7) is 4.53. The molecule has 2 nitrogen and oxygen atoms in total. The van der Waals surface area contributed by atoms with E-state index in [4.69, 9.17) is 4.74 Å². The molecule has 0 bridgehead atoms. The van der Waals surface area contributed by atoms with Crippen LogP contribution in [0.1, 0.15) is 27.8 Å². The van der Waals surface area contributed by atoms with Crippen molar-refractivity contribution in [2.45, 2.75) is 26.9 Å². The van der Waals surface area contributed by atoms with E-state index < -0.39 is 0 Å². The summed E-state index contributed by atoms with van der Waals surface area (Å²) in [5, 5.41) is 10.4. The average Bonchev–Trinajstić information content (AvgIpc) is 2.63. The molecule has 0 spiro atoms. The van der Waals surface area contributed by atoms with Gasteiger partial charge in [0.05, 0.1) is 0 Å². The van der Waals surface area contributed by atoms with Crippen molar-refractivity contribution in [2.75, 3.05) is 0 Å². The van der Waals surface area contributed by atoms with Crippen LogP contribution in [0.2, 0.25) is 0 Å². The molecule has 3 aromatic carbocycles. The van der Waals surface area contributed by atoms with Crippen LogP contribution in [0, 0.1) is 13.8 Å². The molecule has 0 amide bonds. The Hall–Kier alpha value is -3.00. The molecule has 2 heteroatoms. The largest absolute Gasteiger partial charge is 0.508 e. The third-order valence-corrected chi connectivity index (χ3v) is 4.24. The Labute approximate surface area is 155 Å². The lowest BCUT2D eigenvalue weighted by molar-refractivity contribution is 0.301. The number of hydrogen-bond acceptors (Lipinski definition) is 2. The van der Waals surface area contributed by atoms with Crippen molar-refractivity contribution >= 4 is 6.08 Å². The topological polar surface area (TPSA) is 29.5 Å². The molecule has 26 heavy (non-hydrogen) atoms. The van der Waals surface area contributed by atoms with Gasteiger partial charge in [-0.25, -0.2) is 0 Å². The lowest BCUT2D eigenvalue weighted by Gasteiger charge is -2.13. The SMILES string of the molecule is Cc1cccc(/C=C/Cc2c(O)cc(C)cc2OCc2ccccc2)c1. The Balaban J connectivity index is 1.77. The zero-order valence-electron chi connectivity index (χ0n) is 15.3. The van der Waals surface area contributed by atoms with Crippen LogP contribution < -0.4 is 4.74 Å². The number of phenolic OH excluding ortho intramolecular Hbond substituents is 1. The fourth-order valence-corrected chi connectivity index (χ4v) is 2.92. The molecule has 0 fully saturated rings. The Morgan fingerprint density at radius 2 is 1.69 bits per heavy atom. The van der Waals surface area contributed by atoms with Gasteiger partial charge in [-0.3, -0.25) is 0 Å². The molecule has 0 radical (unpaired) electrons. The highest BCUT2D eigenvalue weighted by molar-refractivity contribution is 5.53. The molecular weight excluding hydrogens is 320 g/mol. The number of aromatic hydroxyl groups is 1. The molecule has 3 aromatic rings. The molecule has 3 rings (SSSR count). The summed E-state index contributed by atoms with van der Waals surface area (Å²) in [6.07, 6.45) is 4.76. The standard InChI is InChI=1S/C24H24O2/c1-18-8-6-11-20(14-18)12-7-13-22-23(25)15-19(2)16-24(22)26-17-21-9-4-3-5-10-21/h3-12,14-16,25H,13,17H2,1-2H3/b12-7+. The summed E-state index contributed by atoms with van der Waals surface area (Å²) >= 11 is 0. The Bertz CT molecular complexity index is 895. The van der Waals surface area contributed by atoms with Crippen molar-refractivity contribution in [3.05, 3.63) is 101 Å². The van der Waals surface area contributed by atoms with Crippen molar-refractivity contribution < 1.29 is 9.84 Å². The van der Waals surface area contributed by atoms with E-state index >= 15 is 0 Å². The van der Waals surface area contributed by atoms with E-state index in [0.717, 1.165) is 28.0 Å². The van der Waals surface area contributed by atoms with Crippen LogP contribution in [0.15, 0.2) is 72.8 Å². The van der Waals surface area contributed by atoms with Crippen molar-refractivity contribution in [1.29, 1.82) is 0 Å². The van der Waals surface area contributed by atoms with Gasteiger partial charge in [-0.1, -0.05) is 72.3 Å². The maximum Gasteiger partial charge on any atom is 0.127 e. The van der Waals surface area contributed by atoms with E-state index in [2.05, 4.69) is 37.3 Å². The highest BCUT2D eigenvalue weighted by Gasteiger charge is 2.10. The monoisotopic (exact) mass is 344 g/mol. The van der Waals surface area contributed by atoms with Gasteiger partial charge >= 0.3 is 0 Å². The van der Waals surface area contributed by atoms with Crippen LogP contribution in [-0.4, -0.2) is 5.11 Å². The molecule has 0 aliphatic heterocycles. The Morgan fingerprint density at radius 3 is 2.46 bits per heavy atom. The summed E-state index contributed by atoms with van der Waals surface area (Å²) in [6, 6.07) is 22.2. The predicted molar refractivity (Wildman–Crippen MR) is 108 cm³/mol. The molecule has 1 N–H and O–H groups in total. The first kappa shape index (κ1) is 17.8. The van der Waals surface area contributed by atoms with E-state index in [1.807, 2.05) is 49.4 Å². The number of allylic oxidation sites excluding steroid dienone is 1. The maximum atomic E-state index is 10.4. The molecule has 0 saturated heterocycles. The summed E-state index contributed by atoms with van der Waals surface area (Å²) in [5.74, 6) is 1.02. The molecule has 0 heterocycles. The second kappa shape index (κ2) is 8.39. The van der Waals surface area contributed by atoms with Crippen LogP contribution in [0.5, 0.6) is 11.5 Å². The predicted octanol–water partition coefficient (Wildman–Crippen LogP) is 5.84. The van der Waals surface area contributed by atoms with Crippen LogP contribution in [0.3, 0.4) is 0 Å². The number of aryl methyl sites for hydroxylation is 2. The van der Waals surface area contributed by atoms with Crippen molar-refractivity contribution in [3.8, 4) is 11.5 Å². The lowest BCUT2D eigenvalue weighted by Crippen LogP contribution is -1.99. The first-order chi connectivity index (χ1) is 12.6. The molecule has 0 saturated carbocycles. The van der Waals surface area contributed by atoms with Crippen LogP contribution in [0.4, 0.5) is 0 Å². The third-order valence-electron chi connectivity index (χ3n) is 4.24. The van der Waals surface area contributed by atoms with Crippen LogP contribution >= 0.6 is 0 Å². The van der Waals surface area contributed by atoms with E-state index in [-0.39, 0.29) is 5.75 Å². The van der Waals surface area contributed by atoms with Gasteiger partial charge in [-0.2, -0.15) is 0 Å². The van der Waals surface area contributed by atoms with Gasteiger partial charge in [0.15, 0.2) is 0 Å². The Kier molecular flexibility index (Phi) is 5.75. The van der Waals surface area contributed by atoms with Gasteiger partial charge < -0.3 is 9.84 Å². The quantitative estimate of drug-likeness (QED) is 0.608. The van der Waals surface area contributed by atoms with Crippen molar-refractivity contribution in [2.24, 2.45) is 0 Å². The summed E-state index contributed by atoms with van der Waals surface area (Å²) < 4.78 is 6.01. The zero-order chi connectivity index (χ0) is 18.4. The van der Waals surface area contributed by atoms with Gasteiger partial charge in [0.1, 0.15) is 18.1 Å². The fraction of sp³-hybridized carbons (Fsp3) is 0.167. The first-order valence-electron chi connectivity index (χ1n) is 8.84. The van der Waals surface area contributed by atoms with E-state index in [1.165, 1.54) is 5.56 Å². The molecule has 132 valence electrons. The lowest BCUT2D eigenvalue weighted by atomic mass is 10.0. The minimum absolute atomic E-state index is 0.280. The first-order valence-corrected chi connectivity index (χ1v) is 8.84. The van der Waals surface area contributed by atoms with Crippen LogP contribution in [0.25, 0.3) is 6.08 Å². The second-order valence-electron chi connectivity index (χ2n) is 6.56. The van der Waals surface area contributed by atoms with Gasteiger partial charge in [-0.05, 0) is 49.1 Å². The number of benzene rings is 3.